The van der Waals surface area contributed by atoms with Crippen molar-refractivity contribution in [3.05, 3.63) is 33.8 Å². The van der Waals surface area contributed by atoms with Gasteiger partial charge in [-0.2, -0.15) is 0 Å². The van der Waals surface area contributed by atoms with E-state index in [0.29, 0.717) is 4.47 Å². The fraction of sp³-hybridized carbons (Fsp3) is 0.400. The van der Waals surface area contributed by atoms with Crippen molar-refractivity contribution in [3.8, 4) is 0 Å². The van der Waals surface area contributed by atoms with Crippen molar-refractivity contribution >= 4 is 15.9 Å². The Hall–Kier alpha value is -0.440. The van der Waals surface area contributed by atoms with E-state index in [1.807, 2.05) is 13.8 Å². The van der Waals surface area contributed by atoms with Crippen LogP contribution in [-0.2, 0) is 0 Å². The lowest BCUT2D eigenvalue weighted by molar-refractivity contribution is 0.150. The first-order valence-corrected chi connectivity index (χ1v) is 4.95. The first-order chi connectivity index (χ1) is 6.11. The van der Waals surface area contributed by atoms with Crippen molar-refractivity contribution in [2.24, 2.45) is 0 Å². The van der Waals surface area contributed by atoms with Crippen LogP contribution in [-0.4, -0.2) is 0 Å². The van der Waals surface area contributed by atoms with Crippen LogP contribution in [0.5, 0.6) is 0 Å². The van der Waals surface area contributed by atoms with E-state index in [-0.39, 0.29) is 5.56 Å². The van der Waals surface area contributed by atoms with E-state index in [1.54, 1.807) is 19.1 Å². The number of rotatable bonds is 1. The van der Waals surface area contributed by atoms with Crippen molar-refractivity contribution in [2.45, 2.75) is 27.2 Å². The van der Waals surface area contributed by atoms with Gasteiger partial charge in [-0.15, -0.1) is 0 Å². The van der Waals surface area contributed by atoms with E-state index in [2.05, 4.69) is 15.9 Å². The first-order valence-electron chi connectivity index (χ1n) is 4.15. The zero-order chi connectivity index (χ0) is 10.4. The molecule has 0 radical (unpaired) electrons. The lowest BCUT2D eigenvalue weighted by atomic mass is 10.1. The summed E-state index contributed by atoms with van der Waals surface area (Å²) in [6, 6.07) is 4.90. The summed E-state index contributed by atoms with van der Waals surface area (Å²) >= 11 is 3.05. The second kappa shape index (κ2) is 6.08. The Morgan fingerprint density at radius 2 is 1.77 bits per heavy atom. The Kier molecular flexibility index (Phi) is 5.88. The number of alkyl halides is 2. The van der Waals surface area contributed by atoms with Crippen molar-refractivity contribution in [1.82, 2.24) is 0 Å². The Bertz CT molecular complexity index is 259. The van der Waals surface area contributed by atoms with Crippen molar-refractivity contribution in [1.29, 1.82) is 0 Å². The maximum absolute atomic E-state index is 12.2. The number of hydrogen-bond acceptors (Lipinski definition) is 0. The largest absolute Gasteiger partial charge is 0.264 e. The van der Waals surface area contributed by atoms with Crippen LogP contribution < -0.4 is 0 Å². The summed E-state index contributed by atoms with van der Waals surface area (Å²) in [7, 11) is 0. The molecule has 0 amide bonds. The average molecular weight is 251 g/mol. The molecule has 0 bridgehead atoms. The predicted octanol–water partition coefficient (Wildman–Crippen LogP) is 4.72. The number of benzene rings is 1. The Morgan fingerprint density at radius 3 is 2.15 bits per heavy atom. The summed E-state index contributed by atoms with van der Waals surface area (Å²) in [6.45, 7) is 5.79. The van der Waals surface area contributed by atoms with Crippen LogP contribution in [0.25, 0.3) is 0 Å². The van der Waals surface area contributed by atoms with Gasteiger partial charge in [0.1, 0.15) is 0 Å². The number of hydrogen-bond donors (Lipinski definition) is 0. The van der Waals surface area contributed by atoms with E-state index in [1.165, 1.54) is 6.07 Å². The van der Waals surface area contributed by atoms with Gasteiger partial charge in [-0.05, 0) is 19.1 Å². The molecule has 1 rings (SSSR count). The minimum absolute atomic E-state index is 0.0602. The standard InChI is InChI=1S/C8H7BrF2.C2H6/c1-5-2-3-7(9)6(4-5)8(10)11;1-2/h2-4,8H,1H3;1-2H3. The molecule has 0 nitrogen and oxygen atoms in total. The molecule has 1 aromatic rings. The van der Waals surface area contributed by atoms with Crippen LogP contribution in [0.1, 0.15) is 31.4 Å². The Morgan fingerprint density at radius 1 is 1.23 bits per heavy atom. The van der Waals surface area contributed by atoms with E-state index >= 15 is 0 Å². The zero-order valence-electron chi connectivity index (χ0n) is 7.94. The summed E-state index contributed by atoms with van der Waals surface area (Å²) in [5.41, 5.74) is 0.911. The van der Waals surface area contributed by atoms with Gasteiger partial charge in [0.2, 0.25) is 0 Å². The van der Waals surface area contributed by atoms with E-state index in [9.17, 15) is 8.78 Å². The zero-order valence-corrected chi connectivity index (χ0v) is 9.53. The summed E-state index contributed by atoms with van der Waals surface area (Å²) < 4.78 is 24.8. The molecule has 0 aliphatic carbocycles. The van der Waals surface area contributed by atoms with Crippen molar-refractivity contribution < 1.29 is 8.78 Å². The van der Waals surface area contributed by atoms with Crippen molar-refractivity contribution in [3.63, 3.8) is 0 Å². The monoisotopic (exact) mass is 250 g/mol. The Labute approximate surface area is 86.1 Å². The second-order valence-electron chi connectivity index (χ2n) is 2.33. The van der Waals surface area contributed by atoms with E-state index in [4.69, 9.17) is 0 Å². The predicted molar refractivity (Wildman–Crippen MR) is 55.2 cm³/mol. The molecule has 0 saturated heterocycles. The molecule has 13 heavy (non-hydrogen) atoms. The fourth-order valence-electron chi connectivity index (χ4n) is 0.830. The summed E-state index contributed by atoms with van der Waals surface area (Å²) in [6.07, 6.45) is -2.40. The normalized spacial score (nSPS) is 9.46. The molecule has 0 aromatic heterocycles. The van der Waals surface area contributed by atoms with Crippen molar-refractivity contribution in [2.75, 3.05) is 0 Å². The van der Waals surface area contributed by atoms with Gasteiger partial charge in [-0.1, -0.05) is 41.4 Å². The van der Waals surface area contributed by atoms with E-state index in [0.717, 1.165) is 5.56 Å². The molecule has 3 heteroatoms. The minimum Gasteiger partial charge on any atom is -0.205 e. The maximum atomic E-state index is 12.2. The van der Waals surface area contributed by atoms with Gasteiger partial charge in [0.05, 0.1) is 0 Å². The molecule has 0 spiro atoms. The topological polar surface area (TPSA) is 0 Å². The van der Waals surface area contributed by atoms with Gasteiger partial charge >= 0.3 is 0 Å². The quantitative estimate of drug-likeness (QED) is 0.677. The minimum atomic E-state index is -2.40. The van der Waals surface area contributed by atoms with Crippen LogP contribution in [0, 0.1) is 6.92 Å². The third-order valence-electron chi connectivity index (χ3n) is 1.39. The van der Waals surface area contributed by atoms with Crippen LogP contribution in [0.2, 0.25) is 0 Å². The van der Waals surface area contributed by atoms with E-state index < -0.39 is 6.43 Å². The highest BCUT2D eigenvalue weighted by Crippen LogP contribution is 2.27. The molecular weight excluding hydrogens is 238 g/mol. The van der Waals surface area contributed by atoms with Gasteiger partial charge in [0.25, 0.3) is 6.43 Å². The third kappa shape index (κ3) is 3.85. The smallest absolute Gasteiger partial charge is 0.205 e. The molecule has 74 valence electrons. The lowest BCUT2D eigenvalue weighted by Crippen LogP contribution is -1.86. The highest BCUT2D eigenvalue weighted by molar-refractivity contribution is 9.10. The number of aryl methyl sites for hydroxylation is 1. The molecule has 0 unspecified atom stereocenters. The highest BCUT2D eigenvalue weighted by Gasteiger charge is 2.10. The molecule has 0 fully saturated rings. The lowest BCUT2D eigenvalue weighted by Gasteiger charge is -2.03. The Balaban J connectivity index is 0.000000671. The summed E-state index contributed by atoms with van der Waals surface area (Å²) in [4.78, 5) is 0. The van der Waals surface area contributed by atoms with Gasteiger partial charge in [-0.25, -0.2) is 8.78 Å². The molecule has 0 aliphatic rings. The molecule has 0 saturated carbocycles. The summed E-state index contributed by atoms with van der Waals surface area (Å²) in [5, 5.41) is 0. The van der Waals surface area contributed by atoms with Gasteiger partial charge in [0.15, 0.2) is 0 Å². The average Bonchev–Trinajstić information content (AvgIpc) is 2.12. The molecule has 1 aromatic carbocycles. The fourth-order valence-corrected chi connectivity index (χ4v) is 1.25. The molecular formula is C10H13BrF2. The maximum Gasteiger partial charge on any atom is 0.264 e. The van der Waals surface area contributed by atoms with Crippen LogP contribution in [0.15, 0.2) is 22.7 Å². The molecule has 0 N–H and O–H groups in total. The van der Waals surface area contributed by atoms with Crippen LogP contribution >= 0.6 is 15.9 Å². The van der Waals surface area contributed by atoms with Crippen LogP contribution in [0.4, 0.5) is 8.78 Å². The van der Waals surface area contributed by atoms with Gasteiger partial charge in [-0.3, -0.25) is 0 Å². The summed E-state index contributed by atoms with van der Waals surface area (Å²) in [5.74, 6) is 0. The first kappa shape index (κ1) is 12.6. The molecule has 0 aliphatic heterocycles. The number of halogens is 3. The SMILES string of the molecule is CC.Cc1ccc(Br)c(C(F)F)c1. The van der Waals surface area contributed by atoms with Gasteiger partial charge < -0.3 is 0 Å². The van der Waals surface area contributed by atoms with Gasteiger partial charge in [0, 0.05) is 10.0 Å². The molecule has 0 heterocycles. The third-order valence-corrected chi connectivity index (χ3v) is 2.11. The second-order valence-corrected chi connectivity index (χ2v) is 3.18. The highest BCUT2D eigenvalue weighted by atomic mass is 79.9. The molecule has 0 atom stereocenters. The van der Waals surface area contributed by atoms with Crippen LogP contribution in [0.3, 0.4) is 0 Å².